The standard InChI is InChI=1S/C19H21BrN2O5S/c20-15-1-7-18(8-2-15)28(25,26)22-12-10-21(11-13-22)16-3-5-17(6-4-16)27-14-9-19(23)24/h1-8H,9-14H2,(H,23,24). The van der Waals surface area contributed by atoms with Crippen LogP contribution in [0.2, 0.25) is 0 Å². The lowest BCUT2D eigenvalue weighted by atomic mass is 10.2. The Kier molecular flexibility index (Phi) is 6.58. The smallest absolute Gasteiger partial charge is 0.306 e. The van der Waals surface area contributed by atoms with Gasteiger partial charge >= 0.3 is 5.97 Å². The van der Waals surface area contributed by atoms with Gasteiger partial charge in [-0.3, -0.25) is 4.79 Å². The van der Waals surface area contributed by atoms with Crippen molar-refractivity contribution < 1.29 is 23.1 Å². The molecule has 0 amide bonds. The molecule has 28 heavy (non-hydrogen) atoms. The number of nitrogens with zero attached hydrogens (tertiary/aromatic N) is 2. The van der Waals surface area contributed by atoms with E-state index in [1.807, 2.05) is 12.1 Å². The van der Waals surface area contributed by atoms with Crippen molar-refractivity contribution in [3.8, 4) is 5.75 Å². The van der Waals surface area contributed by atoms with E-state index in [2.05, 4.69) is 20.8 Å². The quantitative estimate of drug-likeness (QED) is 0.671. The van der Waals surface area contributed by atoms with Crippen molar-refractivity contribution in [2.75, 3.05) is 37.7 Å². The number of piperazine rings is 1. The number of carboxylic acids is 1. The van der Waals surface area contributed by atoms with Crippen molar-refractivity contribution in [2.24, 2.45) is 0 Å². The molecule has 2 aromatic rings. The van der Waals surface area contributed by atoms with Crippen LogP contribution in [0, 0.1) is 0 Å². The predicted molar refractivity (Wildman–Crippen MR) is 109 cm³/mol. The van der Waals surface area contributed by atoms with E-state index < -0.39 is 16.0 Å². The summed E-state index contributed by atoms with van der Waals surface area (Å²) in [6.45, 7) is 2.13. The lowest BCUT2D eigenvalue weighted by Gasteiger charge is -2.35. The van der Waals surface area contributed by atoms with Crippen molar-refractivity contribution >= 4 is 37.6 Å². The Labute approximate surface area is 172 Å². The van der Waals surface area contributed by atoms with Crippen molar-refractivity contribution in [3.63, 3.8) is 0 Å². The highest BCUT2D eigenvalue weighted by molar-refractivity contribution is 9.10. The first-order valence-corrected chi connectivity index (χ1v) is 11.0. The Hall–Kier alpha value is -2.10. The van der Waals surface area contributed by atoms with Crippen LogP contribution in [-0.4, -0.2) is 56.6 Å². The number of hydrogen-bond donors (Lipinski definition) is 1. The van der Waals surface area contributed by atoms with Gasteiger partial charge in [0.05, 0.1) is 17.9 Å². The van der Waals surface area contributed by atoms with E-state index in [0.29, 0.717) is 36.8 Å². The zero-order chi connectivity index (χ0) is 20.1. The molecular weight excluding hydrogens is 448 g/mol. The average molecular weight is 469 g/mol. The van der Waals surface area contributed by atoms with Gasteiger partial charge in [0, 0.05) is 36.3 Å². The molecule has 1 saturated heterocycles. The summed E-state index contributed by atoms with van der Waals surface area (Å²) >= 11 is 3.32. The summed E-state index contributed by atoms with van der Waals surface area (Å²) in [6.07, 6.45) is -0.0451. The summed E-state index contributed by atoms with van der Waals surface area (Å²) in [4.78, 5) is 12.9. The summed E-state index contributed by atoms with van der Waals surface area (Å²) in [5.74, 6) is -0.283. The number of aliphatic carboxylic acids is 1. The molecule has 1 heterocycles. The van der Waals surface area contributed by atoms with Crippen LogP contribution in [0.25, 0.3) is 0 Å². The van der Waals surface area contributed by atoms with E-state index in [1.165, 1.54) is 4.31 Å². The molecule has 0 unspecified atom stereocenters. The van der Waals surface area contributed by atoms with Crippen LogP contribution in [-0.2, 0) is 14.8 Å². The number of ether oxygens (including phenoxy) is 1. The van der Waals surface area contributed by atoms with Crippen molar-refractivity contribution in [2.45, 2.75) is 11.3 Å². The minimum Gasteiger partial charge on any atom is -0.493 e. The van der Waals surface area contributed by atoms with E-state index in [0.717, 1.165) is 10.2 Å². The van der Waals surface area contributed by atoms with Gasteiger partial charge in [0.15, 0.2) is 0 Å². The maximum atomic E-state index is 12.8. The van der Waals surface area contributed by atoms with E-state index in [1.54, 1.807) is 36.4 Å². The van der Waals surface area contributed by atoms with Crippen LogP contribution < -0.4 is 9.64 Å². The molecular formula is C19H21BrN2O5S. The normalized spacial score (nSPS) is 15.4. The molecule has 0 radical (unpaired) electrons. The highest BCUT2D eigenvalue weighted by Crippen LogP contribution is 2.24. The van der Waals surface area contributed by atoms with Gasteiger partial charge in [-0.1, -0.05) is 15.9 Å². The fraction of sp³-hybridized carbons (Fsp3) is 0.316. The Balaban J connectivity index is 1.57. The van der Waals surface area contributed by atoms with Crippen molar-refractivity contribution in [1.29, 1.82) is 0 Å². The summed E-state index contributed by atoms with van der Waals surface area (Å²) in [7, 11) is -3.49. The predicted octanol–water partition coefficient (Wildman–Crippen LogP) is 2.81. The third-order valence-corrected chi connectivity index (χ3v) is 6.92. The van der Waals surface area contributed by atoms with Gasteiger partial charge in [-0.05, 0) is 48.5 Å². The van der Waals surface area contributed by atoms with Gasteiger partial charge in [-0.2, -0.15) is 4.31 Å². The largest absolute Gasteiger partial charge is 0.493 e. The number of hydrogen-bond acceptors (Lipinski definition) is 5. The molecule has 1 aliphatic heterocycles. The zero-order valence-electron chi connectivity index (χ0n) is 15.1. The van der Waals surface area contributed by atoms with Crippen LogP contribution >= 0.6 is 15.9 Å². The van der Waals surface area contributed by atoms with Gasteiger partial charge in [-0.15, -0.1) is 0 Å². The topological polar surface area (TPSA) is 87.2 Å². The van der Waals surface area contributed by atoms with Crippen LogP contribution in [0.3, 0.4) is 0 Å². The monoisotopic (exact) mass is 468 g/mol. The number of sulfonamides is 1. The Morgan fingerprint density at radius 3 is 2.18 bits per heavy atom. The molecule has 3 rings (SSSR count). The molecule has 0 spiro atoms. The lowest BCUT2D eigenvalue weighted by Crippen LogP contribution is -2.48. The second kappa shape index (κ2) is 8.93. The molecule has 7 nitrogen and oxygen atoms in total. The fourth-order valence-corrected chi connectivity index (χ4v) is 4.64. The summed E-state index contributed by atoms with van der Waals surface area (Å²) in [6, 6.07) is 14.0. The lowest BCUT2D eigenvalue weighted by molar-refractivity contribution is -0.137. The molecule has 0 atom stereocenters. The van der Waals surface area contributed by atoms with Gasteiger partial charge in [0.2, 0.25) is 10.0 Å². The van der Waals surface area contributed by atoms with Crippen molar-refractivity contribution in [1.82, 2.24) is 4.31 Å². The average Bonchev–Trinajstić information content (AvgIpc) is 2.69. The second-order valence-corrected chi connectivity index (χ2v) is 9.18. The van der Waals surface area contributed by atoms with Gasteiger partial charge < -0.3 is 14.7 Å². The SMILES string of the molecule is O=C(O)CCOc1ccc(N2CCN(S(=O)(=O)c3ccc(Br)cc3)CC2)cc1. The minimum atomic E-state index is -3.49. The first-order chi connectivity index (χ1) is 13.4. The van der Waals surface area contributed by atoms with Crippen LogP contribution in [0.4, 0.5) is 5.69 Å². The van der Waals surface area contributed by atoms with E-state index >= 15 is 0 Å². The van der Waals surface area contributed by atoms with Crippen molar-refractivity contribution in [3.05, 3.63) is 53.0 Å². The zero-order valence-corrected chi connectivity index (χ0v) is 17.5. The summed E-state index contributed by atoms with van der Waals surface area (Å²) in [5.41, 5.74) is 0.978. The molecule has 0 bridgehead atoms. The second-order valence-electron chi connectivity index (χ2n) is 6.33. The molecule has 1 aliphatic rings. The molecule has 150 valence electrons. The number of carboxylic acid groups (broad SMARTS) is 1. The fourth-order valence-electron chi connectivity index (χ4n) is 2.95. The molecule has 2 aromatic carbocycles. The Morgan fingerprint density at radius 1 is 1.00 bits per heavy atom. The van der Waals surface area contributed by atoms with Gasteiger partial charge in [0.1, 0.15) is 5.75 Å². The van der Waals surface area contributed by atoms with E-state index in [-0.39, 0.29) is 13.0 Å². The molecule has 0 saturated carbocycles. The maximum absolute atomic E-state index is 12.8. The molecule has 0 aliphatic carbocycles. The number of halogens is 1. The number of anilines is 1. The first kappa shape index (κ1) is 20.6. The molecule has 0 aromatic heterocycles. The summed E-state index contributed by atoms with van der Waals surface area (Å²) < 4.78 is 33.3. The number of carbonyl (C=O) groups is 1. The van der Waals surface area contributed by atoms with Gasteiger partial charge in [0.25, 0.3) is 0 Å². The van der Waals surface area contributed by atoms with Crippen LogP contribution in [0.1, 0.15) is 6.42 Å². The number of benzene rings is 2. The first-order valence-electron chi connectivity index (χ1n) is 8.81. The Morgan fingerprint density at radius 2 is 1.61 bits per heavy atom. The van der Waals surface area contributed by atoms with E-state index in [4.69, 9.17) is 9.84 Å². The third kappa shape index (κ3) is 5.03. The molecule has 9 heteroatoms. The minimum absolute atomic E-state index is 0.0451. The Bertz CT molecular complexity index is 908. The highest BCUT2D eigenvalue weighted by atomic mass is 79.9. The maximum Gasteiger partial charge on any atom is 0.306 e. The summed E-state index contributed by atoms with van der Waals surface area (Å²) in [5, 5.41) is 8.63. The number of rotatable bonds is 7. The molecule has 1 fully saturated rings. The van der Waals surface area contributed by atoms with Gasteiger partial charge in [-0.25, -0.2) is 8.42 Å². The van der Waals surface area contributed by atoms with Crippen LogP contribution in [0.15, 0.2) is 57.9 Å². The highest BCUT2D eigenvalue weighted by Gasteiger charge is 2.28. The van der Waals surface area contributed by atoms with E-state index in [9.17, 15) is 13.2 Å². The third-order valence-electron chi connectivity index (χ3n) is 4.48. The molecule has 1 N–H and O–H groups in total. The van der Waals surface area contributed by atoms with Crippen LogP contribution in [0.5, 0.6) is 5.75 Å².